The predicted octanol–water partition coefficient (Wildman–Crippen LogP) is 5.28. The Bertz CT molecular complexity index is 1120. The maximum atomic E-state index is 6.32. The lowest BCUT2D eigenvalue weighted by Crippen LogP contribution is -2.44. The minimum atomic E-state index is -0.132. The highest BCUT2D eigenvalue weighted by Crippen LogP contribution is 2.43. The Morgan fingerprint density at radius 2 is 1.75 bits per heavy atom. The molecule has 0 bridgehead atoms. The van der Waals surface area contributed by atoms with E-state index in [0.717, 1.165) is 35.6 Å². The molecule has 0 saturated heterocycles. The number of benzene rings is 2. The molecule has 32 heavy (non-hydrogen) atoms. The maximum Gasteiger partial charge on any atom is 0.203 e. The van der Waals surface area contributed by atoms with Crippen LogP contribution in [0.15, 0.2) is 48.7 Å². The number of fused-ring (bicyclic) bond motifs is 1. The van der Waals surface area contributed by atoms with E-state index in [-0.39, 0.29) is 6.04 Å². The molecule has 168 valence electrons. The fourth-order valence-corrected chi connectivity index (χ4v) is 4.62. The van der Waals surface area contributed by atoms with E-state index in [0.29, 0.717) is 27.4 Å². The fraction of sp³-hybridized carbons (Fsp3) is 0.292. The molecule has 1 aromatic heterocycles. The Hall–Kier alpha value is -2.90. The molecule has 1 unspecified atom stereocenters. The first-order valence-corrected chi connectivity index (χ1v) is 11.0. The largest absolute Gasteiger partial charge is 0.493 e. The van der Waals surface area contributed by atoms with Gasteiger partial charge < -0.3 is 29.0 Å². The van der Waals surface area contributed by atoms with Gasteiger partial charge >= 0.3 is 0 Å². The predicted molar refractivity (Wildman–Crippen MR) is 131 cm³/mol. The molecular formula is C24H26ClN3O3S. The second kappa shape index (κ2) is 9.30. The zero-order chi connectivity index (χ0) is 22.8. The Labute approximate surface area is 198 Å². The number of aromatic nitrogens is 1. The molecule has 1 atom stereocenters. The lowest BCUT2D eigenvalue weighted by atomic mass is 9.99. The number of anilines is 1. The second-order valence-electron chi connectivity index (χ2n) is 7.52. The van der Waals surface area contributed by atoms with Gasteiger partial charge in [0, 0.05) is 35.7 Å². The summed E-state index contributed by atoms with van der Waals surface area (Å²) >= 11 is 12.2. The molecule has 0 amide bonds. The average molecular weight is 472 g/mol. The molecule has 1 aliphatic rings. The van der Waals surface area contributed by atoms with Gasteiger partial charge in [0.2, 0.25) is 5.75 Å². The molecule has 1 N–H and O–H groups in total. The molecule has 2 heterocycles. The van der Waals surface area contributed by atoms with Crippen LogP contribution in [0.25, 0.3) is 0 Å². The standard InChI is InChI=1S/C24H26ClN3O3S/c1-15-17(25)7-5-8-18(15)26-24(32)28-12-11-27-10-6-9-19(27)22(28)16-13-20(29-2)23(31-4)21(14-16)30-3/h5-10,13-14,22H,11-12H2,1-4H3,(H,26,32). The van der Waals surface area contributed by atoms with Gasteiger partial charge in [-0.25, -0.2) is 0 Å². The highest BCUT2D eigenvalue weighted by atomic mass is 35.5. The van der Waals surface area contributed by atoms with Crippen molar-refractivity contribution in [3.63, 3.8) is 0 Å². The first kappa shape index (κ1) is 22.3. The Morgan fingerprint density at radius 3 is 2.41 bits per heavy atom. The van der Waals surface area contributed by atoms with Crippen molar-refractivity contribution in [1.29, 1.82) is 0 Å². The van der Waals surface area contributed by atoms with E-state index < -0.39 is 0 Å². The van der Waals surface area contributed by atoms with Gasteiger partial charge in [0.25, 0.3) is 0 Å². The molecule has 0 saturated carbocycles. The minimum Gasteiger partial charge on any atom is -0.493 e. The van der Waals surface area contributed by atoms with Crippen LogP contribution in [-0.4, -0.2) is 42.5 Å². The monoisotopic (exact) mass is 471 g/mol. The topological polar surface area (TPSA) is 47.9 Å². The minimum absolute atomic E-state index is 0.132. The van der Waals surface area contributed by atoms with Gasteiger partial charge in [0.15, 0.2) is 16.6 Å². The van der Waals surface area contributed by atoms with Gasteiger partial charge in [-0.3, -0.25) is 0 Å². The van der Waals surface area contributed by atoms with Gasteiger partial charge in [-0.15, -0.1) is 0 Å². The molecule has 8 heteroatoms. The van der Waals surface area contributed by atoms with E-state index in [1.807, 2.05) is 37.3 Å². The summed E-state index contributed by atoms with van der Waals surface area (Å²) in [6, 6.07) is 13.8. The zero-order valence-corrected chi connectivity index (χ0v) is 20.1. The molecule has 6 nitrogen and oxygen atoms in total. The van der Waals surface area contributed by atoms with Crippen molar-refractivity contribution in [2.75, 3.05) is 33.2 Å². The normalized spacial score (nSPS) is 15.2. The smallest absolute Gasteiger partial charge is 0.203 e. The van der Waals surface area contributed by atoms with Gasteiger partial charge in [-0.05, 0) is 66.7 Å². The zero-order valence-electron chi connectivity index (χ0n) is 18.5. The van der Waals surface area contributed by atoms with E-state index in [4.69, 9.17) is 38.0 Å². The van der Waals surface area contributed by atoms with Crippen molar-refractivity contribution in [2.24, 2.45) is 0 Å². The Morgan fingerprint density at radius 1 is 1.03 bits per heavy atom. The first-order valence-electron chi connectivity index (χ1n) is 10.3. The van der Waals surface area contributed by atoms with Crippen molar-refractivity contribution in [2.45, 2.75) is 19.5 Å². The summed E-state index contributed by atoms with van der Waals surface area (Å²) in [6.45, 7) is 3.55. The van der Waals surface area contributed by atoms with Crippen LogP contribution in [0.1, 0.15) is 22.9 Å². The number of halogens is 1. The lowest BCUT2D eigenvalue weighted by molar-refractivity contribution is 0.288. The third-order valence-electron chi connectivity index (χ3n) is 5.81. The molecule has 0 radical (unpaired) electrons. The SMILES string of the molecule is COc1cc(C2c3cccn3CCN2C(=S)Nc2cccc(Cl)c2C)cc(OC)c1OC. The molecule has 3 aromatic rings. The van der Waals surface area contributed by atoms with Crippen LogP contribution in [0, 0.1) is 6.92 Å². The summed E-state index contributed by atoms with van der Waals surface area (Å²) < 4.78 is 19.0. The third-order valence-corrected chi connectivity index (χ3v) is 6.56. The second-order valence-corrected chi connectivity index (χ2v) is 8.32. The van der Waals surface area contributed by atoms with Crippen LogP contribution < -0.4 is 19.5 Å². The van der Waals surface area contributed by atoms with Crippen LogP contribution in [-0.2, 0) is 6.54 Å². The molecule has 0 aliphatic carbocycles. The van der Waals surface area contributed by atoms with E-state index >= 15 is 0 Å². The van der Waals surface area contributed by atoms with Gasteiger partial charge in [0.1, 0.15) is 0 Å². The first-order chi connectivity index (χ1) is 15.5. The molecule has 4 rings (SSSR count). The van der Waals surface area contributed by atoms with Crippen LogP contribution in [0.2, 0.25) is 5.02 Å². The number of hydrogen-bond acceptors (Lipinski definition) is 4. The van der Waals surface area contributed by atoms with Crippen LogP contribution in [0.4, 0.5) is 5.69 Å². The summed E-state index contributed by atoms with van der Waals surface area (Å²) in [5.74, 6) is 1.77. The van der Waals surface area contributed by atoms with Crippen molar-refractivity contribution in [3.8, 4) is 17.2 Å². The van der Waals surface area contributed by atoms with Crippen molar-refractivity contribution in [1.82, 2.24) is 9.47 Å². The highest BCUT2D eigenvalue weighted by molar-refractivity contribution is 7.80. The maximum absolute atomic E-state index is 6.32. The highest BCUT2D eigenvalue weighted by Gasteiger charge is 2.32. The third kappa shape index (κ3) is 3.98. The van der Waals surface area contributed by atoms with Crippen LogP contribution in [0.5, 0.6) is 17.2 Å². The molecular weight excluding hydrogens is 446 g/mol. The molecule has 1 aliphatic heterocycles. The van der Waals surface area contributed by atoms with Crippen LogP contribution in [0.3, 0.4) is 0 Å². The van der Waals surface area contributed by atoms with Crippen LogP contribution >= 0.6 is 23.8 Å². The number of methoxy groups -OCH3 is 3. The summed E-state index contributed by atoms with van der Waals surface area (Å²) in [6.07, 6.45) is 2.09. The average Bonchev–Trinajstić information content (AvgIpc) is 3.29. The van der Waals surface area contributed by atoms with E-state index in [2.05, 4.69) is 33.1 Å². The number of rotatable bonds is 5. The summed E-state index contributed by atoms with van der Waals surface area (Å²) in [4.78, 5) is 2.19. The molecule has 0 fully saturated rings. The van der Waals surface area contributed by atoms with Gasteiger partial charge in [-0.2, -0.15) is 0 Å². The Balaban J connectivity index is 1.77. The van der Waals surface area contributed by atoms with E-state index in [1.54, 1.807) is 21.3 Å². The van der Waals surface area contributed by atoms with Gasteiger partial charge in [-0.1, -0.05) is 17.7 Å². The van der Waals surface area contributed by atoms with Crippen molar-refractivity contribution >= 4 is 34.6 Å². The number of nitrogens with zero attached hydrogens (tertiary/aromatic N) is 2. The van der Waals surface area contributed by atoms with E-state index in [1.165, 1.54) is 0 Å². The number of nitrogens with one attached hydrogen (secondary N) is 1. The molecule has 2 aromatic carbocycles. The number of thiocarbonyl (C=S) groups is 1. The number of ether oxygens (including phenoxy) is 3. The Kier molecular flexibility index (Phi) is 6.48. The molecule has 0 spiro atoms. The van der Waals surface area contributed by atoms with E-state index in [9.17, 15) is 0 Å². The lowest BCUT2D eigenvalue weighted by Gasteiger charge is -2.39. The van der Waals surface area contributed by atoms with Crippen molar-refractivity contribution < 1.29 is 14.2 Å². The summed E-state index contributed by atoms with van der Waals surface area (Å²) in [5, 5.41) is 4.73. The quantitative estimate of drug-likeness (QED) is 0.511. The van der Waals surface area contributed by atoms with Gasteiger partial charge in [0.05, 0.1) is 27.4 Å². The summed E-state index contributed by atoms with van der Waals surface area (Å²) in [7, 11) is 4.84. The fourth-order valence-electron chi connectivity index (χ4n) is 4.14. The summed E-state index contributed by atoms with van der Waals surface area (Å²) in [5.41, 5.74) is 3.98. The van der Waals surface area contributed by atoms with Crippen molar-refractivity contribution in [3.05, 3.63) is 70.5 Å². The number of hydrogen-bond donors (Lipinski definition) is 1.